The van der Waals surface area contributed by atoms with Gasteiger partial charge < -0.3 is 25.5 Å². The van der Waals surface area contributed by atoms with E-state index in [-0.39, 0.29) is 45.5 Å². The van der Waals surface area contributed by atoms with Crippen molar-refractivity contribution in [2.45, 2.75) is 13.0 Å². The van der Waals surface area contributed by atoms with E-state index in [1.165, 1.54) is 30.3 Å². The van der Waals surface area contributed by atoms with Crippen LogP contribution in [0, 0.1) is 0 Å². The summed E-state index contributed by atoms with van der Waals surface area (Å²) in [6.45, 7) is 4.37. The van der Waals surface area contributed by atoms with Crippen molar-refractivity contribution in [2.24, 2.45) is 5.73 Å². The third-order valence-electron chi connectivity index (χ3n) is 6.82. The van der Waals surface area contributed by atoms with Crippen LogP contribution < -0.4 is 16.3 Å². The predicted molar refractivity (Wildman–Crippen MR) is 146 cm³/mol. The van der Waals surface area contributed by atoms with Crippen LogP contribution in [0.1, 0.15) is 37.7 Å². The van der Waals surface area contributed by atoms with Crippen LogP contribution in [-0.4, -0.2) is 61.5 Å². The number of aromatic nitrogens is 4. The standard InChI is InChI=1S/C29H26N6O5/c1-3-23(40-2)24-19(14-32-26(24)25(30)21-13-22(29(38)39)34-33-21)27(36)28(37)35-12-10-17-16(15-35)7-6-8-18(17)20-9-4-5-11-31-20/h3-9,11,13-14,32H,1,10,12,15,30H2,2H3,(H,33,34)(H,38,39)/b24-23+,26-25+. The molecule has 40 heavy (non-hydrogen) atoms. The summed E-state index contributed by atoms with van der Waals surface area (Å²) in [4.78, 5) is 47.3. The number of fused-ring (bicyclic) bond motifs is 1. The maximum absolute atomic E-state index is 13.6. The molecule has 0 fully saturated rings. The number of nitrogens with zero attached hydrogens (tertiary/aromatic N) is 3. The van der Waals surface area contributed by atoms with Crippen molar-refractivity contribution in [3.8, 4) is 11.3 Å². The van der Waals surface area contributed by atoms with Crippen LogP contribution in [0.5, 0.6) is 0 Å². The van der Waals surface area contributed by atoms with Crippen molar-refractivity contribution >= 4 is 29.1 Å². The van der Waals surface area contributed by atoms with Gasteiger partial charge in [-0.15, -0.1) is 0 Å². The highest BCUT2D eigenvalue weighted by Crippen LogP contribution is 2.29. The number of methoxy groups -OCH3 is 1. The first-order valence-corrected chi connectivity index (χ1v) is 12.4. The molecule has 5 rings (SSSR count). The molecule has 3 aromatic heterocycles. The van der Waals surface area contributed by atoms with Crippen molar-refractivity contribution in [2.75, 3.05) is 13.7 Å². The molecule has 0 saturated heterocycles. The number of rotatable bonds is 7. The molecule has 0 bridgehead atoms. The lowest BCUT2D eigenvalue weighted by molar-refractivity contribution is -0.127. The fraction of sp³-hybridized carbons (Fsp3) is 0.138. The van der Waals surface area contributed by atoms with E-state index in [9.17, 15) is 19.5 Å². The van der Waals surface area contributed by atoms with E-state index in [1.807, 2.05) is 36.4 Å². The van der Waals surface area contributed by atoms with Gasteiger partial charge in [0.15, 0.2) is 0 Å². The summed E-state index contributed by atoms with van der Waals surface area (Å²) in [6.07, 6.45) is 5.08. The zero-order chi connectivity index (χ0) is 28.4. The number of carbonyl (C=O) groups excluding carboxylic acids is 2. The molecule has 0 radical (unpaired) electrons. The maximum Gasteiger partial charge on any atom is 0.353 e. The van der Waals surface area contributed by atoms with E-state index in [4.69, 9.17) is 10.5 Å². The molecule has 0 saturated carbocycles. The van der Waals surface area contributed by atoms with Gasteiger partial charge in [-0.1, -0.05) is 30.8 Å². The van der Waals surface area contributed by atoms with Gasteiger partial charge in [0.2, 0.25) is 0 Å². The van der Waals surface area contributed by atoms with Crippen LogP contribution in [0.3, 0.4) is 0 Å². The molecule has 202 valence electrons. The Labute approximate surface area is 228 Å². The average Bonchev–Trinajstić information content (AvgIpc) is 3.65. The normalized spacial score (nSPS) is 14.2. The number of aromatic carboxylic acids is 1. The number of ketones is 1. The van der Waals surface area contributed by atoms with Gasteiger partial charge in [-0.3, -0.25) is 19.7 Å². The van der Waals surface area contributed by atoms with E-state index < -0.39 is 17.7 Å². The van der Waals surface area contributed by atoms with E-state index >= 15 is 0 Å². The number of carboxylic acid groups (broad SMARTS) is 1. The van der Waals surface area contributed by atoms with Crippen molar-refractivity contribution in [3.05, 3.63) is 106 Å². The van der Waals surface area contributed by atoms with Gasteiger partial charge in [-0.05, 0) is 35.8 Å². The van der Waals surface area contributed by atoms with Crippen molar-refractivity contribution in [1.29, 1.82) is 0 Å². The lowest BCUT2D eigenvalue weighted by Crippen LogP contribution is -2.42. The Balaban J connectivity index is 1.51. The molecular weight excluding hydrogens is 512 g/mol. The minimum Gasteiger partial charge on any atom is -0.496 e. The van der Waals surface area contributed by atoms with Gasteiger partial charge in [0.05, 0.1) is 34.6 Å². The molecule has 11 heteroatoms. The lowest BCUT2D eigenvalue weighted by atomic mass is 9.92. The third-order valence-corrected chi connectivity index (χ3v) is 6.82. The Morgan fingerprint density at radius 2 is 2.02 bits per heavy atom. The number of nitrogens with two attached hydrogens (primary N) is 1. The minimum atomic E-state index is -1.20. The fourth-order valence-corrected chi connectivity index (χ4v) is 4.86. The smallest absolute Gasteiger partial charge is 0.353 e. The Hall–Kier alpha value is -5.45. The number of H-pyrrole nitrogens is 2. The second-order valence-corrected chi connectivity index (χ2v) is 9.07. The van der Waals surface area contributed by atoms with Crippen LogP contribution in [-0.2, 0) is 22.5 Å². The number of amides is 1. The second-order valence-electron chi connectivity index (χ2n) is 9.07. The van der Waals surface area contributed by atoms with Gasteiger partial charge in [-0.25, -0.2) is 4.79 Å². The van der Waals surface area contributed by atoms with E-state index in [0.717, 1.165) is 22.4 Å². The van der Waals surface area contributed by atoms with Gasteiger partial charge in [0.25, 0.3) is 11.7 Å². The predicted octanol–water partition coefficient (Wildman–Crippen LogP) is 1.32. The molecule has 0 unspecified atom stereocenters. The van der Waals surface area contributed by atoms with Crippen LogP contribution in [0.25, 0.3) is 22.7 Å². The zero-order valence-corrected chi connectivity index (χ0v) is 21.6. The zero-order valence-electron chi connectivity index (χ0n) is 21.6. The number of hydrogen-bond acceptors (Lipinski definition) is 7. The summed E-state index contributed by atoms with van der Waals surface area (Å²) < 4.78 is 5.44. The van der Waals surface area contributed by atoms with Crippen LogP contribution >= 0.6 is 0 Å². The highest BCUT2D eigenvalue weighted by Gasteiger charge is 2.30. The van der Waals surface area contributed by atoms with Crippen molar-refractivity contribution in [3.63, 3.8) is 0 Å². The van der Waals surface area contributed by atoms with Gasteiger partial charge in [0.1, 0.15) is 17.1 Å². The van der Waals surface area contributed by atoms with Gasteiger partial charge in [0, 0.05) is 37.1 Å². The Kier molecular flexibility index (Phi) is 7.02. The molecule has 0 spiro atoms. The number of aromatic amines is 2. The second kappa shape index (κ2) is 10.7. The first-order chi connectivity index (χ1) is 19.3. The molecule has 4 aromatic rings. The molecule has 11 nitrogen and oxygen atoms in total. The van der Waals surface area contributed by atoms with E-state index in [1.54, 1.807) is 6.20 Å². The van der Waals surface area contributed by atoms with Crippen LogP contribution in [0.15, 0.2) is 67.5 Å². The minimum absolute atomic E-state index is 0.0433. The Morgan fingerprint density at radius 3 is 2.70 bits per heavy atom. The van der Waals surface area contributed by atoms with Crippen LogP contribution in [0.4, 0.5) is 0 Å². The molecule has 0 aliphatic carbocycles. The molecule has 5 N–H and O–H groups in total. The molecule has 1 aliphatic heterocycles. The van der Waals surface area contributed by atoms with E-state index in [2.05, 4.69) is 26.7 Å². The first-order valence-electron chi connectivity index (χ1n) is 12.4. The molecule has 4 heterocycles. The van der Waals surface area contributed by atoms with E-state index in [0.29, 0.717) is 13.0 Å². The summed E-state index contributed by atoms with van der Waals surface area (Å²) in [5.74, 6) is -2.43. The quantitative estimate of drug-likeness (QED) is 0.202. The third kappa shape index (κ3) is 4.64. The highest BCUT2D eigenvalue weighted by molar-refractivity contribution is 6.42. The number of Topliss-reactive ketones (excluding diaryl/α,β-unsaturated/α-hetero) is 1. The largest absolute Gasteiger partial charge is 0.496 e. The average molecular weight is 539 g/mol. The maximum atomic E-state index is 13.6. The molecule has 1 aliphatic rings. The molecule has 0 atom stereocenters. The number of benzene rings is 1. The molecular formula is C29H26N6O5. The molecule has 1 amide bonds. The summed E-state index contributed by atoms with van der Waals surface area (Å²) in [6, 6.07) is 12.9. The van der Waals surface area contributed by atoms with Crippen LogP contribution in [0.2, 0.25) is 0 Å². The number of ether oxygens (including phenoxy) is 1. The summed E-state index contributed by atoms with van der Waals surface area (Å²) in [5, 5.41) is 16.0. The topological polar surface area (TPSA) is 167 Å². The number of nitrogens with one attached hydrogen (secondary N) is 2. The summed E-state index contributed by atoms with van der Waals surface area (Å²) in [7, 11) is 1.40. The number of hydrogen-bond donors (Lipinski definition) is 4. The van der Waals surface area contributed by atoms with Gasteiger partial charge >= 0.3 is 5.97 Å². The lowest BCUT2D eigenvalue weighted by Gasteiger charge is -2.29. The molecule has 1 aromatic carbocycles. The Morgan fingerprint density at radius 1 is 1.20 bits per heavy atom. The first kappa shape index (κ1) is 26.2. The number of pyridine rings is 1. The van der Waals surface area contributed by atoms with Crippen molar-refractivity contribution in [1.82, 2.24) is 25.1 Å². The summed E-state index contributed by atoms with van der Waals surface area (Å²) >= 11 is 0. The highest BCUT2D eigenvalue weighted by atomic mass is 16.5. The number of carboxylic acids is 1. The number of carbonyl (C=O) groups is 3. The van der Waals surface area contributed by atoms with Crippen molar-refractivity contribution < 1.29 is 24.2 Å². The fourth-order valence-electron chi connectivity index (χ4n) is 4.86. The SMILES string of the molecule is C=C/C(OC)=c1/c(C(=O)C(=O)N2CCc3c(cccc3-c3ccccn3)C2)c[nH]/c1=C(/N)c1cc(C(=O)O)[nH]n1. The Bertz CT molecular complexity index is 1770. The summed E-state index contributed by atoms with van der Waals surface area (Å²) in [5.41, 5.74) is 10.3. The monoisotopic (exact) mass is 538 g/mol. The van der Waals surface area contributed by atoms with Gasteiger partial charge in [-0.2, -0.15) is 5.10 Å².